The third-order valence-corrected chi connectivity index (χ3v) is 3.83. The average Bonchev–Trinajstić information content (AvgIpc) is 2.67. The Balaban J connectivity index is 2.35. The fraction of sp³-hybridized carbons (Fsp3) is 0.286. The molecule has 0 aliphatic heterocycles. The van der Waals surface area contributed by atoms with Gasteiger partial charge in [0.25, 0.3) is 0 Å². The van der Waals surface area contributed by atoms with E-state index in [2.05, 4.69) is 44.4 Å². The summed E-state index contributed by atoms with van der Waals surface area (Å²) in [5, 5.41) is 3.03. The van der Waals surface area contributed by atoms with Gasteiger partial charge in [-0.2, -0.15) is 0 Å². The summed E-state index contributed by atoms with van der Waals surface area (Å²) >= 11 is 7.67. The second-order valence-electron chi connectivity index (χ2n) is 4.96. The predicted molar refractivity (Wildman–Crippen MR) is 73.5 cm³/mol. The largest absolute Gasteiger partial charge is 0.144 e. The molecule has 0 nitrogen and oxygen atoms in total. The van der Waals surface area contributed by atoms with Gasteiger partial charge in [0, 0.05) is 9.90 Å². The molecule has 0 N–H and O–H groups in total. The third kappa shape index (κ3) is 2.47. The van der Waals surface area contributed by atoms with Gasteiger partial charge in [-0.05, 0) is 40.1 Å². The van der Waals surface area contributed by atoms with Crippen LogP contribution in [0.1, 0.15) is 26.3 Å². The average molecular weight is 251 g/mol. The van der Waals surface area contributed by atoms with Gasteiger partial charge in [-0.15, -0.1) is 11.3 Å². The molecule has 84 valence electrons. The van der Waals surface area contributed by atoms with Crippen LogP contribution in [0.2, 0.25) is 5.02 Å². The van der Waals surface area contributed by atoms with Crippen LogP contribution in [-0.2, 0) is 5.41 Å². The molecule has 1 heterocycles. The first kappa shape index (κ1) is 11.7. The lowest BCUT2D eigenvalue weighted by molar-refractivity contribution is 0.593. The maximum Gasteiger partial charge on any atom is 0.0406 e. The first-order valence-corrected chi connectivity index (χ1v) is 6.57. The van der Waals surface area contributed by atoms with Crippen LogP contribution in [0, 0.1) is 0 Å². The summed E-state index contributed by atoms with van der Waals surface area (Å²) in [4.78, 5) is 1.31. The Kier molecular flexibility index (Phi) is 3.09. The van der Waals surface area contributed by atoms with E-state index in [1.54, 1.807) is 11.3 Å². The summed E-state index contributed by atoms with van der Waals surface area (Å²) in [6.07, 6.45) is 0. The Hall–Kier alpha value is -0.790. The molecule has 0 saturated carbocycles. The number of hydrogen-bond donors (Lipinski definition) is 0. The molecule has 0 saturated heterocycles. The quantitative estimate of drug-likeness (QED) is 0.639. The first-order chi connectivity index (χ1) is 7.47. The Morgan fingerprint density at radius 2 is 1.69 bits per heavy atom. The highest BCUT2D eigenvalue weighted by atomic mass is 35.5. The number of halogens is 1. The van der Waals surface area contributed by atoms with Crippen molar-refractivity contribution in [1.29, 1.82) is 0 Å². The van der Waals surface area contributed by atoms with Crippen molar-refractivity contribution >= 4 is 22.9 Å². The van der Waals surface area contributed by atoms with Crippen molar-refractivity contribution in [3.05, 3.63) is 46.3 Å². The topological polar surface area (TPSA) is 0 Å². The standard InChI is InChI=1S/C14H15ClS/c1-14(2,3)11-8-13(16-9-11)10-4-6-12(15)7-5-10/h4-9H,1-3H3. The van der Waals surface area contributed by atoms with Gasteiger partial charge >= 0.3 is 0 Å². The van der Waals surface area contributed by atoms with Gasteiger partial charge < -0.3 is 0 Å². The van der Waals surface area contributed by atoms with Crippen molar-refractivity contribution in [2.45, 2.75) is 26.2 Å². The van der Waals surface area contributed by atoms with Crippen molar-refractivity contribution in [3.63, 3.8) is 0 Å². The Bertz CT molecular complexity index is 474. The molecule has 0 atom stereocenters. The summed E-state index contributed by atoms with van der Waals surface area (Å²) in [5.74, 6) is 0. The minimum absolute atomic E-state index is 0.223. The number of rotatable bonds is 1. The highest BCUT2D eigenvalue weighted by Crippen LogP contribution is 2.33. The molecule has 0 fully saturated rings. The van der Waals surface area contributed by atoms with Crippen LogP contribution in [0.25, 0.3) is 10.4 Å². The molecule has 2 aromatic rings. The van der Waals surface area contributed by atoms with Gasteiger partial charge in [0.15, 0.2) is 0 Å². The number of thiophene rings is 1. The second-order valence-corrected chi connectivity index (χ2v) is 6.30. The molecule has 0 unspecified atom stereocenters. The van der Waals surface area contributed by atoms with Crippen LogP contribution in [0.5, 0.6) is 0 Å². The van der Waals surface area contributed by atoms with Crippen LogP contribution in [0.15, 0.2) is 35.7 Å². The molecule has 1 aromatic carbocycles. The molecule has 2 heteroatoms. The van der Waals surface area contributed by atoms with Crippen molar-refractivity contribution in [3.8, 4) is 10.4 Å². The second kappa shape index (κ2) is 4.23. The lowest BCUT2D eigenvalue weighted by atomic mass is 9.89. The van der Waals surface area contributed by atoms with Gasteiger partial charge in [-0.25, -0.2) is 0 Å². The number of benzene rings is 1. The monoisotopic (exact) mass is 250 g/mol. The molecule has 0 aliphatic rings. The van der Waals surface area contributed by atoms with Crippen molar-refractivity contribution in [1.82, 2.24) is 0 Å². The van der Waals surface area contributed by atoms with E-state index >= 15 is 0 Å². The zero-order valence-corrected chi connectivity index (χ0v) is 11.3. The van der Waals surface area contributed by atoms with E-state index in [4.69, 9.17) is 11.6 Å². The Labute approximate surface area is 106 Å². The molecule has 2 rings (SSSR count). The van der Waals surface area contributed by atoms with E-state index in [0.29, 0.717) is 0 Å². The SMILES string of the molecule is CC(C)(C)c1csc(-c2ccc(Cl)cc2)c1. The van der Waals surface area contributed by atoms with E-state index in [-0.39, 0.29) is 5.41 Å². The van der Waals surface area contributed by atoms with E-state index in [9.17, 15) is 0 Å². The third-order valence-electron chi connectivity index (χ3n) is 2.59. The fourth-order valence-corrected chi connectivity index (χ4v) is 2.76. The summed E-state index contributed by atoms with van der Waals surface area (Å²) in [6, 6.07) is 10.3. The smallest absolute Gasteiger partial charge is 0.0406 e. The summed E-state index contributed by atoms with van der Waals surface area (Å²) in [6.45, 7) is 6.71. The molecule has 0 spiro atoms. The molecular weight excluding hydrogens is 236 g/mol. The highest BCUT2D eigenvalue weighted by Gasteiger charge is 2.15. The lowest BCUT2D eigenvalue weighted by Gasteiger charge is -2.15. The minimum atomic E-state index is 0.223. The van der Waals surface area contributed by atoms with E-state index in [1.165, 1.54) is 16.0 Å². The zero-order chi connectivity index (χ0) is 11.8. The predicted octanol–water partition coefficient (Wildman–Crippen LogP) is 5.37. The van der Waals surface area contributed by atoms with Gasteiger partial charge in [-0.1, -0.05) is 44.5 Å². The molecule has 16 heavy (non-hydrogen) atoms. The summed E-state index contributed by atoms with van der Waals surface area (Å²) in [7, 11) is 0. The Morgan fingerprint density at radius 3 is 2.19 bits per heavy atom. The maximum atomic E-state index is 5.88. The summed E-state index contributed by atoms with van der Waals surface area (Å²) in [5.41, 5.74) is 2.86. The van der Waals surface area contributed by atoms with E-state index in [0.717, 1.165) is 5.02 Å². The van der Waals surface area contributed by atoms with Crippen molar-refractivity contribution in [2.24, 2.45) is 0 Å². The van der Waals surface area contributed by atoms with Crippen molar-refractivity contribution < 1.29 is 0 Å². The molecule has 1 aromatic heterocycles. The van der Waals surface area contributed by atoms with Crippen LogP contribution in [-0.4, -0.2) is 0 Å². The van der Waals surface area contributed by atoms with Crippen LogP contribution in [0.3, 0.4) is 0 Å². The highest BCUT2D eigenvalue weighted by molar-refractivity contribution is 7.13. The fourth-order valence-electron chi connectivity index (χ4n) is 1.50. The molecule has 0 bridgehead atoms. The van der Waals surface area contributed by atoms with Gasteiger partial charge in [0.1, 0.15) is 0 Å². The van der Waals surface area contributed by atoms with E-state index < -0.39 is 0 Å². The summed E-state index contributed by atoms with van der Waals surface area (Å²) < 4.78 is 0. The first-order valence-electron chi connectivity index (χ1n) is 5.32. The van der Waals surface area contributed by atoms with Crippen molar-refractivity contribution in [2.75, 3.05) is 0 Å². The Morgan fingerprint density at radius 1 is 1.06 bits per heavy atom. The normalized spacial score (nSPS) is 11.8. The lowest BCUT2D eigenvalue weighted by Crippen LogP contribution is -2.08. The van der Waals surface area contributed by atoms with Gasteiger partial charge in [-0.3, -0.25) is 0 Å². The minimum Gasteiger partial charge on any atom is -0.144 e. The molecule has 0 amide bonds. The number of hydrogen-bond acceptors (Lipinski definition) is 1. The molecular formula is C14H15ClS. The maximum absolute atomic E-state index is 5.88. The van der Waals surface area contributed by atoms with Crippen LogP contribution >= 0.6 is 22.9 Å². The van der Waals surface area contributed by atoms with Crippen LogP contribution < -0.4 is 0 Å². The van der Waals surface area contributed by atoms with E-state index in [1.807, 2.05) is 12.1 Å². The van der Waals surface area contributed by atoms with Gasteiger partial charge in [0.2, 0.25) is 0 Å². The zero-order valence-electron chi connectivity index (χ0n) is 9.75. The molecule has 0 radical (unpaired) electrons. The van der Waals surface area contributed by atoms with Gasteiger partial charge in [0.05, 0.1) is 0 Å². The van der Waals surface area contributed by atoms with Crippen LogP contribution in [0.4, 0.5) is 0 Å². The molecule has 0 aliphatic carbocycles.